The number of fused-ring (bicyclic) bond motifs is 1. The third-order valence-corrected chi connectivity index (χ3v) is 13.0. The minimum Gasteiger partial charge on any atom is -0.346 e. The number of ketones is 1. The molecule has 3 aliphatic rings. The van der Waals surface area contributed by atoms with Crippen molar-refractivity contribution in [1.29, 1.82) is 0 Å². The Morgan fingerprint density at radius 1 is 1.06 bits per heavy atom. The quantitative estimate of drug-likeness (QED) is 0.107. The topological polar surface area (TPSA) is 174 Å². The number of amides is 5. The molecule has 14 heteroatoms. The van der Waals surface area contributed by atoms with Crippen LogP contribution in [0.25, 0.3) is 0 Å². The zero-order chi connectivity index (χ0) is 38.1. The van der Waals surface area contributed by atoms with Gasteiger partial charge in [-0.25, -0.2) is 17.5 Å². The summed E-state index contributed by atoms with van der Waals surface area (Å²) in [7, 11) is -2.02. The third kappa shape index (κ3) is 10.6. The van der Waals surface area contributed by atoms with Crippen LogP contribution in [0.4, 0.5) is 4.79 Å². The Labute approximate surface area is 304 Å². The number of likely N-dealkylation sites (tertiary alicyclic amines) is 1. The summed E-state index contributed by atoms with van der Waals surface area (Å²) in [5.41, 5.74) is -1.12. The minimum absolute atomic E-state index is 0.0475. The molecule has 0 spiro atoms. The number of nitrogens with zero attached hydrogens (tertiary/aromatic N) is 2. The van der Waals surface area contributed by atoms with Crippen molar-refractivity contribution in [3.63, 3.8) is 0 Å². The first-order chi connectivity index (χ1) is 23.9. The van der Waals surface area contributed by atoms with Crippen LogP contribution in [0.3, 0.4) is 0 Å². The van der Waals surface area contributed by atoms with Gasteiger partial charge in [-0.1, -0.05) is 59.5 Å². The highest BCUT2D eigenvalue weighted by molar-refractivity contribution is 7.89. The van der Waals surface area contributed by atoms with E-state index in [1.165, 1.54) is 17.4 Å². The van der Waals surface area contributed by atoms with E-state index in [0.29, 0.717) is 19.4 Å². The molecule has 0 bridgehead atoms. The highest BCUT2D eigenvalue weighted by atomic mass is 32.2. The van der Waals surface area contributed by atoms with Gasteiger partial charge >= 0.3 is 6.03 Å². The van der Waals surface area contributed by atoms with Crippen LogP contribution in [0.1, 0.15) is 98.8 Å². The van der Waals surface area contributed by atoms with Crippen molar-refractivity contribution in [2.24, 2.45) is 22.7 Å². The van der Waals surface area contributed by atoms with E-state index in [1.54, 1.807) is 11.8 Å². The lowest BCUT2D eigenvalue weighted by Crippen LogP contribution is -2.63. The van der Waals surface area contributed by atoms with Crippen LogP contribution in [0, 0.1) is 35.0 Å². The summed E-state index contributed by atoms with van der Waals surface area (Å²) >= 11 is 0. The van der Waals surface area contributed by atoms with Crippen molar-refractivity contribution in [1.82, 2.24) is 30.5 Å². The summed E-state index contributed by atoms with van der Waals surface area (Å²) < 4.78 is 26.4. The van der Waals surface area contributed by atoms with E-state index in [9.17, 15) is 32.4 Å². The van der Waals surface area contributed by atoms with Gasteiger partial charge in [0.15, 0.2) is 0 Å². The number of terminal acetylenes is 1. The second kappa shape index (κ2) is 17.9. The predicted molar refractivity (Wildman–Crippen MR) is 197 cm³/mol. The molecule has 6 atom stereocenters. The lowest BCUT2D eigenvalue weighted by Gasteiger charge is -2.43. The van der Waals surface area contributed by atoms with Crippen LogP contribution in [0.15, 0.2) is 12.7 Å². The lowest BCUT2D eigenvalue weighted by molar-refractivity contribution is -0.145. The van der Waals surface area contributed by atoms with Crippen molar-refractivity contribution in [3.8, 4) is 12.3 Å². The van der Waals surface area contributed by atoms with E-state index >= 15 is 0 Å². The predicted octanol–water partition coefficient (Wildman–Crippen LogP) is 2.72. The Kier molecular flexibility index (Phi) is 14.7. The Morgan fingerprint density at radius 3 is 2.31 bits per heavy atom. The zero-order valence-corrected chi connectivity index (χ0v) is 32.2. The fourth-order valence-electron chi connectivity index (χ4n) is 7.84. The van der Waals surface area contributed by atoms with Crippen molar-refractivity contribution in [2.75, 3.05) is 32.4 Å². The smallest absolute Gasteiger partial charge is 0.315 e. The van der Waals surface area contributed by atoms with Gasteiger partial charge in [0.25, 0.3) is 5.91 Å². The molecule has 2 saturated carbocycles. The van der Waals surface area contributed by atoms with Crippen LogP contribution in [-0.4, -0.2) is 104 Å². The number of nitrogens with one attached hydrogen (secondary N) is 4. The minimum atomic E-state index is -3.51. The second-order valence-electron chi connectivity index (χ2n) is 15.8. The van der Waals surface area contributed by atoms with Crippen LogP contribution in [-0.2, 0) is 29.2 Å². The number of rotatable bonds is 16. The molecule has 13 nitrogen and oxygen atoms in total. The molecule has 1 aliphatic heterocycles. The molecule has 286 valence electrons. The summed E-state index contributed by atoms with van der Waals surface area (Å²) in [6.07, 6.45) is 13.8. The van der Waals surface area contributed by atoms with Crippen molar-refractivity contribution in [2.45, 2.75) is 123 Å². The molecule has 3 fully saturated rings. The van der Waals surface area contributed by atoms with E-state index in [2.05, 4.69) is 33.8 Å². The molecule has 0 aromatic heterocycles. The van der Waals surface area contributed by atoms with Crippen LogP contribution in [0.5, 0.6) is 0 Å². The molecule has 0 radical (unpaired) electrons. The third-order valence-electron chi connectivity index (χ3n) is 11.1. The van der Waals surface area contributed by atoms with Gasteiger partial charge in [-0.15, -0.1) is 18.9 Å². The summed E-state index contributed by atoms with van der Waals surface area (Å²) in [6.45, 7) is 13.3. The van der Waals surface area contributed by atoms with Crippen LogP contribution in [0.2, 0.25) is 0 Å². The van der Waals surface area contributed by atoms with Gasteiger partial charge < -0.3 is 26.2 Å². The van der Waals surface area contributed by atoms with E-state index in [4.69, 9.17) is 6.42 Å². The summed E-state index contributed by atoms with van der Waals surface area (Å²) in [6, 6.07) is -4.20. The second-order valence-corrected chi connectivity index (χ2v) is 18.2. The maximum absolute atomic E-state index is 14.8. The Morgan fingerprint density at radius 2 is 1.73 bits per heavy atom. The Balaban J connectivity index is 1.92. The highest BCUT2D eigenvalue weighted by Crippen LogP contribution is 2.45. The monoisotopic (exact) mass is 732 g/mol. The number of urea groups is 1. The maximum Gasteiger partial charge on any atom is 0.315 e. The fraction of sp³-hybridized carbons (Fsp3) is 0.757. The molecular weight excluding hydrogens is 673 g/mol. The van der Waals surface area contributed by atoms with Gasteiger partial charge in [-0.2, -0.15) is 0 Å². The first kappa shape index (κ1) is 42.0. The van der Waals surface area contributed by atoms with Crippen LogP contribution < -0.4 is 21.3 Å². The molecule has 1 heterocycles. The van der Waals surface area contributed by atoms with E-state index < -0.39 is 68.6 Å². The first-order valence-corrected chi connectivity index (χ1v) is 20.0. The highest BCUT2D eigenvalue weighted by Gasteiger charge is 2.53. The SMILES string of the molecule is C#CCCC(NC(=O)[C@@H]1[C@H]2CCC[C@H]2CN1C(=O)[C@@H](NC(=O)N[C@H](CN(C)S(=O)(=O)CC)C(C)(C)C)C1(C)CCCCC1)C(=O)C(=O)NCC=C. The number of hydrogen-bond donors (Lipinski definition) is 4. The Hall–Kier alpha value is -3.44. The lowest BCUT2D eigenvalue weighted by atomic mass is 9.70. The number of carbonyl (C=O) groups excluding carboxylic acids is 5. The van der Waals surface area contributed by atoms with Gasteiger partial charge in [0.2, 0.25) is 27.6 Å². The molecule has 3 rings (SSSR count). The van der Waals surface area contributed by atoms with E-state index in [0.717, 1.165) is 38.5 Å². The molecule has 2 aliphatic carbocycles. The van der Waals surface area contributed by atoms with Crippen molar-refractivity contribution >= 4 is 39.6 Å². The van der Waals surface area contributed by atoms with Crippen molar-refractivity contribution < 1.29 is 32.4 Å². The van der Waals surface area contributed by atoms with Gasteiger partial charge in [0.05, 0.1) is 11.8 Å². The standard InChI is InChI=1S/C37H60N6O7S/c1-9-12-19-27(30(44)33(46)38-22-10-2)39-32(45)29-26-18-16-17-25(26)23-43(29)34(47)31(37(7)20-14-13-15-21-37)41-35(48)40-28(36(4,5)6)24-42(8)51(49,50)11-3/h1,10,25-29,31H,2,11-24H2,3-8H3,(H,38,46)(H,39,45)(H2,40,41,48)/t25-,26-,27?,28+,29-,31+/m0/s1. The average molecular weight is 733 g/mol. The molecule has 51 heavy (non-hydrogen) atoms. The molecule has 0 aromatic rings. The van der Waals surface area contributed by atoms with Crippen molar-refractivity contribution in [3.05, 3.63) is 12.7 Å². The van der Waals surface area contributed by atoms with Gasteiger partial charge in [-0.05, 0) is 61.7 Å². The molecule has 5 amide bonds. The largest absolute Gasteiger partial charge is 0.346 e. The molecular formula is C37H60N6O7S. The maximum atomic E-state index is 14.8. The summed E-state index contributed by atoms with van der Waals surface area (Å²) in [5.74, 6) is -0.232. The average Bonchev–Trinajstić information content (AvgIpc) is 3.68. The van der Waals surface area contributed by atoms with Crippen LogP contribution >= 0.6 is 0 Å². The van der Waals surface area contributed by atoms with E-state index in [-0.39, 0.29) is 49.4 Å². The van der Waals surface area contributed by atoms with Gasteiger partial charge in [-0.3, -0.25) is 19.2 Å². The van der Waals surface area contributed by atoms with Gasteiger partial charge in [0.1, 0.15) is 12.1 Å². The van der Waals surface area contributed by atoms with Gasteiger partial charge in [0, 0.05) is 39.1 Å². The fourth-order valence-corrected chi connectivity index (χ4v) is 8.66. The molecule has 1 saturated heterocycles. The van der Waals surface area contributed by atoms with E-state index in [1.807, 2.05) is 27.7 Å². The number of hydrogen-bond acceptors (Lipinski definition) is 7. The normalized spacial score (nSPS) is 23.3. The first-order valence-electron chi connectivity index (χ1n) is 18.4. The Bertz CT molecular complexity index is 1450. The zero-order valence-electron chi connectivity index (χ0n) is 31.4. The molecule has 0 aromatic carbocycles. The molecule has 1 unspecified atom stereocenters. The molecule has 4 N–H and O–H groups in total. The number of carbonyl (C=O) groups is 5. The summed E-state index contributed by atoms with van der Waals surface area (Å²) in [4.78, 5) is 70.1. The number of likely N-dealkylation sites (N-methyl/N-ethyl adjacent to an activating group) is 1. The summed E-state index contributed by atoms with van der Waals surface area (Å²) in [5, 5.41) is 11.2. The number of Topliss-reactive ketones (excluding diaryl/α,β-unsaturated/α-hetero) is 1. The number of sulfonamides is 1.